The molecule has 6 nitrogen and oxygen atoms in total. The van der Waals surface area contributed by atoms with E-state index in [0.29, 0.717) is 12.1 Å². The van der Waals surface area contributed by atoms with E-state index >= 15 is 0 Å². The second-order valence-electron chi connectivity index (χ2n) is 3.91. The molecular formula is C9H12N2O4S. The van der Waals surface area contributed by atoms with E-state index < -0.39 is 15.7 Å². The zero-order chi connectivity index (χ0) is 11.8. The Morgan fingerprint density at radius 2 is 2.38 bits per heavy atom. The highest BCUT2D eigenvalue weighted by atomic mass is 32.2. The van der Waals surface area contributed by atoms with Crippen LogP contribution in [-0.2, 0) is 9.84 Å². The number of aromatic nitrogens is 1. The summed E-state index contributed by atoms with van der Waals surface area (Å²) < 4.78 is 27.1. The molecular weight excluding hydrogens is 232 g/mol. The molecule has 0 aromatic carbocycles. The number of carbonyl (C=O) groups is 1. The van der Waals surface area contributed by atoms with Crippen LogP contribution < -0.4 is 5.32 Å². The van der Waals surface area contributed by atoms with Crippen LogP contribution in [0.3, 0.4) is 0 Å². The maximum absolute atomic E-state index is 11.6. The highest BCUT2D eigenvalue weighted by Gasteiger charge is 2.29. The molecule has 7 heteroatoms. The van der Waals surface area contributed by atoms with Crippen LogP contribution in [-0.4, -0.2) is 37.0 Å². The minimum absolute atomic E-state index is 0.00581. The minimum Gasteiger partial charge on any atom is -0.351 e. The van der Waals surface area contributed by atoms with Gasteiger partial charge in [-0.25, -0.2) is 8.42 Å². The van der Waals surface area contributed by atoms with Crippen LogP contribution in [0.5, 0.6) is 0 Å². The van der Waals surface area contributed by atoms with Crippen molar-refractivity contribution in [3.8, 4) is 0 Å². The van der Waals surface area contributed by atoms with Crippen molar-refractivity contribution in [1.82, 2.24) is 10.5 Å². The molecule has 0 radical (unpaired) electrons. The zero-order valence-electron chi connectivity index (χ0n) is 8.76. The molecule has 0 saturated carbocycles. The van der Waals surface area contributed by atoms with Gasteiger partial charge in [0.1, 0.15) is 0 Å². The van der Waals surface area contributed by atoms with Crippen molar-refractivity contribution >= 4 is 15.7 Å². The van der Waals surface area contributed by atoms with Crippen molar-refractivity contribution in [3.63, 3.8) is 0 Å². The number of nitrogens with zero attached hydrogens (tertiary/aromatic N) is 1. The van der Waals surface area contributed by atoms with Crippen LogP contribution in [0.15, 0.2) is 10.6 Å². The number of nitrogens with one attached hydrogen (secondary N) is 1. The van der Waals surface area contributed by atoms with Gasteiger partial charge in [-0.3, -0.25) is 4.79 Å². The summed E-state index contributed by atoms with van der Waals surface area (Å²) in [6.07, 6.45) is 0.460. The standard InChI is InChI=1S/C9H12N2O4S/c1-6-4-8(15-11-6)9(12)10-7-2-3-16(13,14)5-7/h4,7H,2-3,5H2,1H3,(H,10,12)/t7-/m0/s1. The van der Waals surface area contributed by atoms with Crippen molar-refractivity contribution in [1.29, 1.82) is 0 Å². The van der Waals surface area contributed by atoms with Gasteiger partial charge in [-0.1, -0.05) is 5.16 Å². The Balaban J connectivity index is 1.99. The van der Waals surface area contributed by atoms with E-state index in [0.717, 1.165) is 0 Å². The zero-order valence-corrected chi connectivity index (χ0v) is 9.58. The molecule has 0 aliphatic carbocycles. The molecule has 1 aliphatic rings. The number of sulfone groups is 1. The minimum atomic E-state index is -2.98. The fourth-order valence-corrected chi connectivity index (χ4v) is 3.31. The first-order valence-corrected chi connectivity index (χ1v) is 6.73. The summed E-state index contributed by atoms with van der Waals surface area (Å²) in [5, 5.41) is 6.20. The van der Waals surface area contributed by atoms with Gasteiger partial charge in [0.15, 0.2) is 9.84 Å². The quantitative estimate of drug-likeness (QED) is 0.784. The largest absolute Gasteiger partial charge is 0.351 e. The lowest BCUT2D eigenvalue weighted by Crippen LogP contribution is -2.35. The third-order valence-corrected chi connectivity index (χ3v) is 4.19. The van der Waals surface area contributed by atoms with Gasteiger partial charge in [-0.05, 0) is 13.3 Å². The molecule has 0 bridgehead atoms. The molecule has 1 saturated heterocycles. The molecule has 0 unspecified atom stereocenters. The number of hydrogen-bond acceptors (Lipinski definition) is 5. The Labute approximate surface area is 92.9 Å². The summed E-state index contributed by atoms with van der Waals surface area (Å²) in [6.45, 7) is 1.71. The SMILES string of the molecule is Cc1cc(C(=O)N[C@H]2CCS(=O)(=O)C2)on1. The Kier molecular flexibility index (Phi) is 2.71. The number of rotatable bonds is 2. The molecule has 1 fully saturated rings. The van der Waals surface area contributed by atoms with Crippen molar-refractivity contribution in [3.05, 3.63) is 17.5 Å². The molecule has 1 amide bonds. The normalized spacial score (nSPS) is 23.2. The van der Waals surface area contributed by atoms with Gasteiger partial charge < -0.3 is 9.84 Å². The van der Waals surface area contributed by atoms with E-state index in [1.807, 2.05) is 0 Å². The molecule has 88 valence electrons. The van der Waals surface area contributed by atoms with E-state index in [1.54, 1.807) is 6.92 Å². The van der Waals surface area contributed by atoms with Crippen LogP contribution in [0, 0.1) is 6.92 Å². The van der Waals surface area contributed by atoms with E-state index in [9.17, 15) is 13.2 Å². The average molecular weight is 244 g/mol. The van der Waals surface area contributed by atoms with Crippen LogP contribution in [0.1, 0.15) is 22.7 Å². The molecule has 0 spiro atoms. The summed E-state index contributed by atoms with van der Waals surface area (Å²) in [6, 6.07) is 1.20. The van der Waals surface area contributed by atoms with Crippen LogP contribution >= 0.6 is 0 Å². The fraction of sp³-hybridized carbons (Fsp3) is 0.556. The Morgan fingerprint density at radius 3 is 2.88 bits per heavy atom. The first kappa shape index (κ1) is 11.1. The molecule has 2 rings (SSSR count). The number of hydrogen-bond donors (Lipinski definition) is 1. The number of amides is 1. The molecule has 1 aromatic rings. The number of carbonyl (C=O) groups excluding carboxylic acids is 1. The van der Waals surface area contributed by atoms with Gasteiger partial charge >= 0.3 is 0 Å². The first-order valence-electron chi connectivity index (χ1n) is 4.91. The van der Waals surface area contributed by atoms with Gasteiger partial charge in [0.25, 0.3) is 5.91 Å². The Bertz CT molecular complexity index is 505. The topological polar surface area (TPSA) is 89.3 Å². The predicted octanol–water partition coefficient (Wildman–Crippen LogP) is -0.100. The van der Waals surface area contributed by atoms with E-state index in [1.165, 1.54) is 6.07 Å². The van der Waals surface area contributed by atoms with Gasteiger partial charge in [-0.15, -0.1) is 0 Å². The monoisotopic (exact) mass is 244 g/mol. The molecule has 1 aliphatic heterocycles. The number of aryl methyl sites for hydroxylation is 1. The lowest BCUT2D eigenvalue weighted by atomic mass is 10.2. The van der Waals surface area contributed by atoms with Crippen LogP contribution in [0.2, 0.25) is 0 Å². The van der Waals surface area contributed by atoms with Crippen LogP contribution in [0.25, 0.3) is 0 Å². The highest BCUT2D eigenvalue weighted by Crippen LogP contribution is 2.12. The molecule has 16 heavy (non-hydrogen) atoms. The summed E-state index contributed by atoms with van der Waals surface area (Å²) in [4.78, 5) is 11.6. The van der Waals surface area contributed by atoms with Gasteiger partial charge in [0.05, 0.1) is 17.2 Å². The van der Waals surface area contributed by atoms with Crippen molar-refractivity contribution in [2.45, 2.75) is 19.4 Å². The third kappa shape index (κ3) is 2.41. The molecule has 2 heterocycles. The van der Waals surface area contributed by atoms with Crippen LogP contribution in [0.4, 0.5) is 0 Å². The van der Waals surface area contributed by atoms with Crippen molar-refractivity contribution in [2.75, 3.05) is 11.5 Å². The Hall–Kier alpha value is -1.37. The highest BCUT2D eigenvalue weighted by molar-refractivity contribution is 7.91. The second kappa shape index (κ2) is 3.89. The van der Waals surface area contributed by atoms with Gasteiger partial charge in [0, 0.05) is 12.1 Å². The van der Waals surface area contributed by atoms with E-state index in [4.69, 9.17) is 4.52 Å². The van der Waals surface area contributed by atoms with Crippen molar-refractivity contribution < 1.29 is 17.7 Å². The summed E-state index contributed by atoms with van der Waals surface area (Å²) >= 11 is 0. The van der Waals surface area contributed by atoms with Gasteiger partial charge in [0.2, 0.25) is 5.76 Å². The lowest BCUT2D eigenvalue weighted by Gasteiger charge is -2.07. The van der Waals surface area contributed by atoms with E-state index in [-0.39, 0.29) is 23.3 Å². The molecule has 1 atom stereocenters. The predicted molar refractivity (Wildman–Crippen MR) is 55.8 cm³/mol. The second-order valence-corrected chi connectivity index (χ2v) is 6.13. The van der Waals surface area contributed by atoms with Gasteiger partial charge in [-0.2, -0.15) is 0 Å². The molecule has 1 N–H and O–H groups in total. The summed E-state index contributed by atoms with van der Waals surface area (Å²) in [5.74, 6) is -0.163. The average Bonchev–Trinajstić information content (AvgIpc) is 2.73. The summed E-state index contributed by atoms with van der Waals surface area (Å²) in [5.41, 5.74) is 0.615. The maximum atomic E-state index is 11.6. The lowest BCUT2D eigenvalue weighted by molar-refractivity contribution is 0.0904. The Morgan fingerprint density at radius 1 is 1.62 bits per heavy atom. The smallest absolute Gasteiger partial charge is 0.290 e. The summed E-state index contributed by atoms with van der Waals surface area (Å²) in [7, 11) is -2.98. The maximum Gasteiger partial charge on any atom is 0.290 e. The molecule has 1 aromatic heterocycles. The first-order chi connectivity index (χ1) is 7.46. The van der Waals surface area contributed by atoms with Crippen molar-refractivity contribution in [2.24, 2.45) is 0 Å². The van der Waals surface area contributed by atoms with E-state index in [2.05, 4.69) is 10.5 Å². The fourth-order valence-electron chi connectivity index (χ4n) is 1.64. The third-order valence-electron chi connectivity index (χ3n) is 2.42.